The SMILES string of the molecule is COCC[C@H](NC(=O)N1C[C@H](C)O[C@@H](C)C1)c1ccc(C)o1. The van der Waals surface area contributed by atoms with E-state index in [1.54, 1.807) is 12.0 Å². The highest BCUT2D eigenvalue weighted by Crippen LogP contribution is 2.20. The Balaban J connectivity index is 2.01. The summed E-state index contributed by atoms with van der Waals surface area (Å²) in [6.07, 6.45) is 0.778. The van der Waals surface area contributed by atoms with E-state index in [0.717, 1.165) is 11.5 Å². The van der Waals surface area contributed by atoms with Gasteiger partial charge in [-0.15, -0.1) is 0 Å². The lowest BCUT2D eigenvalue weighted by Crippen LogP contribution is -2.52. The van der Waals surface area contributed by atoms with Gasteiger partial charge in [0.25, 0.3) is 0 Å². The average Bonchev–Trinajstić information content (AvgIpc) is 2.88. The van der Waals surface area contributed by atoms with E-state index >= 15 is 0 Å². The van der Waals surface area contributed by atoms with Gasteiger partial charge in [-0.3, -0.25) is 0 Å². The second-order valence-corrected chi connectivity index (χ2v) is 5.89. The summed E-state index contributed by atoms with van der Waals surface area (Å²) in [5.41, 5.74) is 0. The summed E-state index contributed by atoms with van der Waals surface area (Å²) in [6, 6.07) is 3.53. The molecule has 1 aliphatic heterocycles. The third-order valence-corrected chi connectivity index (χ3v) is 3.72. The maximum absolute atomic E-state index is 12.5. The quantitative estimate of drug-likeness (QED) is 0.907. The van der Waals surface area contributed by atoms with E-state index in [1.807, 2.05) is 32.9 Å². The van der Waals surface area contributed by atoms with Crippen LogP contribution in [0.1, 0.15) is 37.8 Å². The number of furan rings is 1. The average molecular weight is 310 g/mol. The highest BCUT2D eigenvalue weighted by atomic mass is 16.5. The zero-order valence-corrected chi connectivity index (χ0v) is 13.8. The Kier molecular flexibility index (Phi) is 5.85. The molecule has 0 aromatic carbocycles. The van der Waals surface area contributed by atoms with Crippen LogP contribution < -0.4 is 5.32 Å². The van der Waals surface area contributed by atoms with Crippen molar-refractivity contribution < 1.29 is 18.7 Å². The van der Waals surface area contributed by atoms with Crippen molar-refractivity contribution >= 4 is 6.03 Å². The van der Waals surface area contributed by atoms with Gasteiger partial charge in [-0.05, 0) is 39.3 Å². The number of carbonyl (C=O) groups excluding carboxylic acids is 1. The summed E-state index contributed by atoms with van der Waals surface area (Å²) in [7, 11) is 1.65. The number of methoxy groups -OCH3 is 1. The van der Waals surface area contributed by atoms with Crippen LogP contribution in [0, 0.1) is 6.92 Å². The third-order valence-electron chi connectivity index (χ3n) is 3.72. The van der Waals surface area contributed by atoms with E-state index in [1.165, 1.54) is 0 Å². The van der Waals surface area contributed by atoms with E-state index < -0.39 is 0 Å². The molecule has 0 bridgehead atoms. The zero-order valence-electron chi connectivity index (χ0n) is 13.8. The van der Waals surface area contributed by atoms with Gasteiger partial charge in [-0.1, -0.05) is 0 Å². The van der Waals surface area contributed by atoms with Gasteiger partial charge in [0, 0.05) is 26.8 Å². The molecule has 1 aliphatic rings. The van der Waals surface area contributed by atoms with E-state index in [0.29, 0.717) is 26.1 Å². The van der Waals surface area contributed by atoms with Gasteiger partial charge in [0.1, 0.15) is 11.5 Å². The second kappa shape index (κ2) is 7.65. The van der Waals surface area contributed by atoms with Crippen LogP contribution in [0.5, 0.6) is 0 Å². The zero-order chi connectivity index (χ0) is 16.1. The first-order chi connectivity index (χ1) is 10.5. The Bertz CT molecular complexity index is 478. The van der Waals surface area contributed by atoms with Crippen LogP contribution in [0.25, 0.3) is 0 Å². The Morgan fingerprint density at radius 1 is 1.41 bits per heavy atom. The number of aryl methyl sites for hydroxylation is 1. The molecule has 1 aromatic heterocycles. The van der Waals surface area contributed by atoms with Crippen LogP contribution in [0.4, 0.5) is 4.79 Å². The number of nitrogens with zero attached hydrogens (tertiary/aromatic N) is 1. The molecule has 0 aliphatic carbocycles. The Morgan fingerprint density at radius 2 is 2.09 bits per heavy atom. The van der Waals surface area contributed by atoms with Crippen molar-refractivity contribution in [3.05, 3.63) is 23.7 Å². The lowest BCUT2D eigenvalue weighted by atomic mass is 10.1. The predicted molar refractivity (Wildman–Crippen MR) is 82.8 cm³/mol. The largest absolute Gasteiger partial charge is 0.464 e. The van der Waals surface area contributed by atoms with Gasteiger partial charge in [0.15, 0.2) is 0 Å². The summed E-state index contributed by atoms with van der Waals surface area (Å²) in [4.78, 5) is 14.3. The number of hydrogen-bond acceptors (Lipinski definition) is 4. The normalized spacial score (nSPS) is 23.4. The molecule has 0 radical (unpaired) electrons. The van der Waals surface area contributed by atoms with Crippen molar-refractivity contribution in [2.45, 2.75) is 45.4 Å². The summed E-state index contributed by atoms with van der Waals surface area (Å²) >= 11 is 0. The van der Waals surface area contributed by atoms with Gasteiger partial charge in [-0.25, -0.2) is 4.79 Å². The van der Waals surface area contributed by atoms with Gasteiger partial charge in [-0.2, -0.15) is 0 Å². The molecule has 1 fully saturated rings. The molecule has 22 heavy (non-hydrogen) atoms. The highest BCUT2D eigenvalue weighted by molar-refractivity contribution is 5.74. The van der Waals surface area contributed by atoms with Gasteiger partial charge < -0.3 is 24.1 Å². The minimum atomic E-state index is -0.186. The maximum Gasteiger partial charge on any atom is 0.318 e. The molecule has 6 nitrogen and oxygen atoms in total. The molecule has 0 unspecified atom stereocenters. The molecule has 1 aromatic rings. The topological polar surface area (TPSA) is 63.9 Å². The molecular formula is C16H26N2O4. The fourth-order valence-corrected chi connectivity index (χ4v) is 2.75. The molecule has 3 atom stereocenters. The molecule has 2 rings (SSSR count). The molecular weight excluding hydrogens is 284 g/mol. The van der Waals surface area contributed by atoms with E-state index in [9.17, 15) is 4.79 Å². The number of carbonyl (C=O) groups is 1. The third kappa shape index (κ3) is 4.48. The summed E-state index contributed by atoms with van der Waals surface area (Å²) < 4.78 is 16.5. The predicted octanol–water partition coefficient (Wildman–Crippen LogP) is 2.48. The molecule has 6 heteroatoms. The van der Waals surface area contributed by atoms with Crippen LogP contribution in [-0.2, 0) is 9.47 Å². The van der Waals surface area contributed by atoms with Crippen molar-refractivity contribution in [2.24, 2.45) is 0 Å². The number of hydrogen-bond donors (Lipinski definition) is 1. The van der Waals surface area contributed by atoms with Gasteiger partial charge in [0.05, 0.1) is 18.2 Å². The first-order valence-electron chi connectivity index (χ1n) is 7.75. The molecule has 2 amide bonds. The lowest BCUT2D eigenvalue weighted by Gasteiger charge is -2.36. The van der Waals surface area contributed by atoms with Crippen LogP contribution in [-0.4, -0.2) is 49.9 Å². The van der Waals surface area contributed by atoms with Crippen molar-refractivity contribution in [3.8, 4) is 0 Å². The molecule has 1 saturated heterocycles. The van der Waals surface area contributed by atoms with E-state index in [4.69, 9.17) is 13.9 Å². The van der Waals surface area contributed by atoms with E-state index in [2.05, 4.69) is 5.32 Å². The summed E-state index contributed by atoms with van der Waals surface area (Å²) in [5, 5.41) is 3.05. The van der Waals surface area contributed by atoms with Crippen LogP contribution in [0.3, 0.4) is 0 Å². The lowest BCUT2D eigenvalue weighted by molar-refractivity contribution is -0.0549. The number of urea groups is 1. The van der Waals surface area contributed by atoms with Crippen LogP contribution >= 0.6 is 0 Å². The van der Waals surface area contributed by atoms with Crippen LogP contribution in [0.15, 0.2) is 16.5 Å². The van der Waals surface area contributed by atoms with Gasteiger partial charge in [0.2, 0.25) is 0 Å². The van der Waals surface area contributed by atoms with Crippen molar-refractivity contribution in [2.75, 3.05) is 26.8 Å². The molecule has 0 spiro atoms. The maximum atomic E-state index is 12.5. The Morgan fingerprint density at radius 3 is 2.64 bits per heavy atom. The standard InChI is InChI=1S/C16H26N2O4/c1-11-5-6-15(22-11)14(7-8-20-4)17-16(19)18-9-12(2)21-13(3)10-18/h5-6,12-14H,7-10H2,1-4H3,(H,17,19)/t12-,13-,14-/m0/s1. The number of amides is 2. The fourth-order valence-electron chi connectivity index (χ4n) is 2.75. The number of nitrogens with one attached hydrogen (secondary N) is 1. The molecule has 0 saturated carbocycles. The fraction of sp³-hybridized carbons (Fsp3) is 0.688. The smallest absolute Gasteiger partial charge is 0.318 e. The minimum absolute atomic E-state index is 0.0535. The Hall–Kier alpha value is -1.53. The Labute approximate surface area is 131 Å². The van der Waals surface area contributed by atoms with Crippen molar-refractivity contribution in [1.29, 1.82) is 0 Å². The van der Waals surface area contributed by atoms with Crippen molar-refractivity contribution in [3.63, 3.8) is 0 Å². The minimum Gasteiger partial charge on any atom is -0.464 e. The highest BCUT2D eigenvalue weighted by Gasteiger charge is 2.28. The van der Waals surface area contributed by atoms with Gasteiger partial charge >= 0.3 is 6.03 Å². The first-order valence-corrected chi connectivity index (χ1v) is 7.75. The summed E-state index contributed by atoms with van der Waals surface area (Å²) in [6.45, 7) is 7.61. The van der Waals surface area contributed by atoms with Crippen LogP contribution in [0.2, 0.25) is 0 Å². The number of ether oxygens (including phenoxy) is 2. The first kappa shape index (κ1) is 16.8. The monoisotopic (exact) mass is 310 g/mol. The van der Waals surface area contributed by atoms with E-state index in [-0.39, 0.29) is 24.3 Å². The van der Waals surface area contributed by atoms with Crippen molar-refractivity contribution in [1.82, 2.24) is 10.2 Å². The summed E-state index contributed by atoms with van der Waals surface area (Å²) in [5.74, 6) is 1.59. The second-order valence-electron chi connectivity index (χ2n) is 5.89. The molecule has 1 N–H and O–H groups in total. The number of morpholine rings is 1. The molecule has 124 valence electrons. The molecule has 2 heterocycles. The number of rotatable bonds is 5.